The van der Waals surface area contributed by atoms with Crippen molar-refractivity contribution >= 4 is 23.6 Å². The van der Waals surface area contributed by atoms with E-state index in [1.807, 2.05) is 0 Å². The normalized spacial score (nSPS) is 12.0. The van der Waals surface area contributed by atoms with Gasteiger partial charge < -0.3 is 25.4 Å². The minimum atomic E-state index is -1.41. The van der Waals surface area contributed by atoms with Gasteiger partial charge in [-0.3, -0.25) is 14.9 Å². The minimum Gasteiger partial charge on any atom is -0.504 e. The third kappa shape index (κ3) is 4.66. The quantitative estimate of drug-likeness (QED) is 0.132. The van der Waals surface area contributed by atoms with E-state index in [4.69, 9.17) is 10.4 Å². The maximum absolute atomic E-state index is 12.0. The van der Waals surface area contributed by atoms with Gasteiger partial charge in [-0.1, -0.05) is 0 Å². The molecule has 0 aromatic heterocycles. The summed E-state index contributed by atoms with van der Waals surface area (Å²) in [7, 11) is 1.04. The monoisotopic (exact) mass is 351 g/mol. The van der Waals surface area contributed by atoms with Crippen LogP contribution in [-0.2, 0) is 14.3 Å². The number of hydrogen-bond donors (Lipinski definition) is 4. The Bertz CT molecular complexity index is 781. The van der Waals surface area contributed by atoms with Crippen molar-refractivity contribution in [3.05, 3.63) is 33.4 Å². The average molecular weight is 351 g/mol. The molecule has 0 spiro atoms. The van der Waals surface area contributed by atoms with Crippen LogP contribution in [0.4, 0.5) is 5.69 Å². The van der Waals surface area contributed by atoms with E-state index >= 15 is 0 Å². The van der Waals surface area contributed by atoms with Crippen molar-refractivity contribution in [1.29, 1.82) is 5.26 Å². The number of carbonyl (C=O) groups excluding carboxylic acids is 2. The van der Waals surface area contributed by atoms with Crippen molar-refractivity contribution in [2.24, 2.45) is 0 Å². The van der Waals surface area contributed by atoms with Gasteiger partial charge in [0, 0.05) is 6.07 Å². The zero-order chi connectivity index (χ0) is 19.1. The molecule has 1 aromatic carbocycles. The number of methoxy groups -OCH3 is 1. The molecule has 1 unspecified atom stereocenters. The van der Waals surface area contributed by atoms with Gasteiger partial charge in [0.15, 0.2) is 11.8 Å². The maximum atomic E-state index is 12.0. The van der Waals surface area contributed by atoms with Crippen molar-refractivity contribution in [2.45, 2.75) is 6.04 Å². The first-order valence-corrected chi connectivity index (χ1v) is 6.56. The molecule has 1 rings (SSSR count). The molecule has 25 heavy (non-hydrogen) atoms. The number of esters is 1. The summed E-state index contributed by atoms with van der Waals surface area (Å²) in [5, 5.41) is 49.8. The number of hydrogen-bond acceptors (Lipinski definition) is 9. The number of nitro groups is 1. The first-order valence-electron chi connectivity index (χ1n) is 6.56. The van der Waals surface area contributed by atoms with E-state index in [0.29, 0.717) is 0 Å². The molecule has 0 aliphatic carbocycles. The molecule has 1 atom stereocenters. The van der Waals surface area contributed by atoms with E-state index in [9.17, 15) is 29.9 Å². The Balaban J connectivity index is 3.19. The fourth-order valence-corrected chi connectivity index (χ4v) is 1.72. The molecule has 1 amide bonds. The van der Waals surface area contributed by atoms with Gasteiger partial charge in [-0.05, 0) is 17.7 Å². The van der Waals surface area contributed by atoms with Crippen LogP contribution in [0.5, 0.6) is 11.5 Å². The Kier molecular flexibility index (Phi) is 6.42. The third-order valence-corrected chi connectivity index (χ3v) is 2.94. The van der Waals surface area contributed by atoms with Gasteiger partial charge in [-0.15, -0.1) is 0 Å². The van der Waals surface area contributed by atoms with Crippen molar-refractivity contribution in [1.82, 2.24) is 5.32 Å². The number of nitrogens with zero attached hydrogens (tertiary/aromatic N) is 2. The minimum absolute atomic E-state index is 0.118. The molecule has 11 nitrogen and oxygen atoms in total. The van der Waals surface area contributed by atoms with Gasteiger partial charge in [-0.25, -0.2) is 4.79 Å². The molecule has 132 valence electrons. The summed E-state index contributed by atoms with van der Waals surface area (Å²) in [4.78, 5) is 33.1. The van der Waals surface area contributed by atoms with Crippen molar-refractivity contribution in [3.8, 4) is 17.6 Å². The summed E-state index contributed by atoms with van der Waals surface area (Å²) in [5.41, 5.74) is -1.51. The highest BCUT2D eigenvalue weighted by Crippen LogP contribution is 2.36. The largest absolute Gasteiger partial charge is 0.504 e. The number of aliphatic hydroxyl groups excluding tert-OH is 1. The Morgan fingerprint density at radius 2 is 2.12 bits per heavy atom. The second-order valence-corrected chi connectivity index (χ2v) is 4.57. The zero-order valence-electron chi connectivity index (χ0n) is 12.8. The van der Waals surface area contributed by atoms with E-state index in [1.54, 1.807) is 0 Å². The molecule has 0 bridgehead atoms. The molecule has 0 saturated heterocycles. The molecule has 0 aliphatic rings. The van der Waals surface area contributed by atoms with Gasteiger partial charge in [0.2, 0.25) is 5.75 Å². The second-order valence-electron chi connectivity index (χ2n) is 4.57. The molecule has 0 heterocycles. The maximum Gasteiger partial charge on any atom is 0.330 e. The number of benzene rings is 1. The lowest BCUT2D eigenvalue weighted by Crippen LogP contribution is -2.44. The molecular weight excluding hydrogens is 338 g/mol. The summed E-state index contributed by atoms with van der Waals surface area (Å²) in [6.45, 7) is -0.775. The number of amides is 1. The smallest absolute Gasteiger partial charge is 0.330 e. The van der Waals surface area contributed by atoms with E-state index < -0.39 is 52.2 Å². The number of carbonyl (C=O) groups is 2. The van der Waals surface area contributed by atoms with E-state index in [1.165, 1.54) is 6.07 Å². The van der Waals surface area contributed by atoms with Crippen LogP contribution in [0.1, 0.15) is 5.56 Å². The lowest BCUT2D eigenvalue weighted by Gasteiger charge is -2.13. The van der Waals surface area contributed by atoms with Crippen LogP contribution in [0.25, 0.3) is 6.08 Å². The molecule has 0 radical (unpaired) electrons. The second kappa shape index (κ2) is 8.27. The van der Waals surface area contributed by atoms with Crippen LogP contribution in [0, 0.1) is 21.4 Å². The SMILES string of the molecule is COC(=O)C(CO)NC(=O)C(C#N)=Cc1cc(O)c(O)c([N+](=O)[O-])c1. The highest BCUT2D eigenvalue weighted by molar-refractivity contribution is 6.03. The summed E-state index contributed by atoms with van der Waals surface area (Å²) in [5.74, 6) is -3.77. The van der Waals surface area contributed by atoms with Gasteiger partial charge in [-0.2, -0.15) is 5.26 Å². The first-order chi connectivity index (χ1) is 11.7. The standard InChI is InChI=1S/C14H13N3O8/c1-25-14(22)9(6-18)16-13(21)8(5-15)2-7-3-10(17(23)24)12(20)11(19)4-7/h2-4,9,18-20H,6H2,1H3,(H,16,21). The van der Waals surface area contributed by atoms with Crippen molar-refractivity contribution < 1.29 is 34.6 Å². The van der Waals surface area contributed by atoms with Crippen LogP contribution in [-0.4, -0.2) is 51.9 Å². The number of nitriles is 1. The highest BCUT2D eigenvalue weighted by Gasteiger charge is 2.23. The summed E-state index contributed by atoms with van der Waals surface area (Å²) in [6, 6.07) is 1.85. The number of aromatic hydroxyl groups is 2. The fraction of sp³-hybridized carbons (Fsp3) is 0.214. The van der Waals surface area contributed by atoms with Crippen molar-refractivity contribution in [2.75, 3.05) is 13.7 Å². The highest BCUT2D eigenvalue weighted by atomic mass is 16.6. The molecule has 0 saturated carbocycles. The third-order valence-electron chi connectivity index (χ3n) is 2.94. The molecular formula is C14H13N3O8. The molecule has 4 N–H and O–H groups in total. The number of rotatable bonds is 6. The van der Waals surface area contributed by atoms with E-state index in [0.717, 1.165) is 25.3 Å². The fourth-order valence-electron chi connectivity index (χ4n) is 1.72. The summed E-state index contributed by atoms with van der Waals surface area (Å²) in [6.07, 6.45) is 0.896. The Morgan fingerprint density at radius 1 is 1.48 bits per heavy atom. The molecule has 0 fully saturated rings. The number of nitrogens with one attached hydrogen (secondary N) is 1. The van der Waals surface area contributed by atoms with Crippen LogP contribution in [0.2, 0.25) is 0 Å². The predicted octanol–water partition coefficient (Wildman–Crippen LogP) is -0.437. The number of aliphatic hydroxyl groups is 1. The molecule has 1 aromatic rings. The Hall–Kier alpha value is -3.65. The van der Waals surface area contributed by atoms with E-state index in [2.05, 4.69) is 10.1 Å². The van der Waals surface area contributed by atoms with Crippen LogP contribution in [0.3, 0.4) is 0 Å². The van der Waals surface area contributed by atoms with Gasteiger partial charge in [0.25, 0.3) is 5.91 Å². The topological polar surface area (TPSA) is 183 Å². The van der Waals surface area contributed by atoms with Crippen LogP contribution in [0.15, 0.2) is 17.7 Å². The van der Waals surface area contributed by atoms with Gasteiger partial charge >= 0.3 is 11.7 Å². The zero-order valence-corrected chi connectivity index (χ0v) is 12.8. The van der Waals surface area contributed by atoms with Gasteiger partial charge in [0.05, 0.1) is 18.6 Å². The lowest BCUT2D eigenvalue weighted by atomic mass is 10.1. The summed E-state index contributed by atoms with van der Waals surface area (Å²) < 4.78 is 4.35. The number of phenolic OH excluding ortho intramolecular Hbond substituents is 2. The number of phenols is 2. The average Bonchev–Trinajstić information content (AvgIpc) is 2.58. The molecule has 0 aliphatic heterocycles. The van der Waals surface area contributed by atoms with Gasteiger partial charge in [0.1, 0.15) is 11.6 Å². The predicted molar refractivity (Wildman–Crippen MR) is 81.0 cm³/mol. The Morgan fingerprint density at radius 3 is 2.60 bits per heavy atom. The van der Waals surface area contributed by atoms with Crippen LogP contribution < -0.4 is 5.32 Å². The number of ether oxygens (including phenoxy) is 1. The summed E-state index contributed by atoms with van der Waals surface area (Å²) >= 11 is 0. The first kappa shape index (κ1) is 19.4. The van der Waals surface area contributed by atoms with Crippen LogP contribution >= 0.6 is 0 Å². The Labute approximate surface area is 140 Å². The molecule has 11 heteroatoms. The number of nitro benzene ring substituents is 1. The lowest BCUT2D eigenvalue weighted by molar-refractivity contribution is -0.386. The van der Waals surface area contributed by atoms with E-state index in [-0.39, 0.29) is 5.56 Å². The van der Waals surface area contributed by atoms with Crippen molar-refractivity contribution in [3.63, 3.8) is 0 Å².